The van der Waals surface area contributed by atoms with E-state index < -0.39 is 0 Å². The predicted octanol–water partition coefficient (Wildman–Crippen LogP) is 5.37. The number of hydrogen-bond donors (Lipinski definition) is 1. The molecule has 29 heavy (non-hydrogen) atoms. The van der Waals surface area contributed by atoms with Gasteiger partial charge in [-0.15, -0.1) is 0 Å². The van der Waals surface area contributed by atoms with E-state index in [0.29, 0.717) is 24.0 Å². The Hall–Kier alpha value is -2.73. The van der Waals surface area contributed by atoms with Gasteiger partial charge in [0.1, 0.15) is 11.5 Å². The molecule has 1 atom stereocenters. The highest BCUT2D eigenvalue weighted by Crippen LogP contribution is 2.26. The van der Waals surface area contributed by atoms with Crippen LogP contribution in [0.5, 0.6) is 11.5 Å². The lowest BCUT2D eigenvalue weighted by atomic mass is 9.99. The van der Waals surface area contributed by atoms with Crippen molar-refractivity contribution in [1.29, 1.82) is 0 Å². The van der Waals surface area contributed by atoms with Crippen molar-refractivity contribution in [2.75, 3.05) is 13.2 Å². The second-order valence-corrected chi connectivity index (χ2v) is 7.86. The summed E-state index contributed by atoms with van der Waals surface area (Å²) < 4.78 is 11.5. The van der Waals surface area contributed by atoms with Crippen LogP contribution in [0.3, 0.4) is 0 Å². The largest absolute Gasteiger partial charge is 0.493 e. The molecule has 3 rings (SSSR count). The van der Waals surface area contributed by atoms with Crippen LogP contribution in [0.2, 0.25) is 0 Å². The van der Waals surface area contributed by atoms with Crippen LogP contribution in [-0.2, 0) is 4.79 Å². The molecule has 5 nitrogen and oxygen atoms in total. The Balaban J connectivity index is 1.39. The first-order valence-electron chi connectivity index (χ1n) is 9.75. The third-order valence-electron chi connectivity index (χ3n) is 4.71. The number of amides is 2. The average Bonchev–Trinajstić information content (AvgIpc) is 3.05. The SMILES string of the molecule is CCC(C)c1ccc(OCCCOc2ccc(C=C3SC(=O)NC3=O)cc2)cc1. The lowest BCUT2D eigenvalue weighted by Gasteiger charge is -2.11. The van der Waals surface area contributed by atoms with Gasteiger partial charge in [0.05, 0.1) is 18.1 Å². The quantitative estimate of drug-likeness (QED) is 0.444. The third-order valence-corrected chi connectivity index (χ3v) is 5.52. The lowest BCUT2D eigenvalue weighted by Crippen LogP contribution is -2.17. The molecule has 0 saturated carbocycles. The summed E-state index contributed by atoms with van der Waals surface area (Å²) in [7, 11) is 0. The molecule has 1 saturated heterocycles. The molecule has 2 aromatic rings. The minimum atomic E-state index is -0.352. The smallest absolute Gasteiger partial charge is 0.290 e. The summed E-state index contributed by atoms with van der Waals surface area (Å²) in [6, 6.07) is 15.7. The molecule has 2 amide bonds. The fourth-order valence-corrected chi connectivity index (χ4v) is 3.48. The van der Waals surface area contributed by atoms with Crippen LogP contribution < -0.4 is 14.8 Å². The average molecular weight is 412 g/mol. The number of nitrogens with one attached hydrogen (secondary N) is 1. The second-order valence-electron chi connectivity index (χ2n) is 6.85. The van der Waals surface area contributed by atoms with Gasteiger partial charge in [-0.25, -0.2) is 0 Å². The summed E-state index contributed by atoms with van der Waals surface area (Å²) in [4.78, 5) is 23.1. The molecule has 6 heteroatoms. The Morgan fingerprint density at radius 2 is 1.55 bits per heavy atom. The van der Waals surface area contributed by atoms with E-state index in [1.54, 1.807) is 6.08 Å². The Morgan fingerprint density at radius 1 is 0.966 bits per heavy atom. The first kappa shape index (κ1) is 21.0. The van der Waals surface area contributed by atoms with Gasteiger partial charge in [-0.1, -0.05) is 38.1 Å². The number of benzene rings is 2. The Labute approximate surface area is 175 Å². The van der Waals surface area contributed by atoms with Gasteiger partial charge in [0.25, 0.3) is 11.1 Å². The van der Waals surface area contributed by atoms with E-state index in [-0.39, 0.29) is 11.1 Å². The third kappa shape index (κ3) is 6.12. The molecule has 0 radical (unpaired) electrons. The molecule has 0 bridgehead atoms. The van der Waals surface area contributed by atoms with Crippen molar-refractivity contribution in [3.05, 3.63) is 64.6 Å². The van der Waals surface area contributed by atoms with Crippen molar-refractivity contribution >= 4 is 29.0 Å². The minimum absolute atomic E-state index is 0.338. The van der Waals surface area contributed by atoms with Crippen molar-refractivity contribution in [3.8, 4) is 11.5 Å². The van der Waals surface area contributed by atoms with Crippen LogP contribution >= 0.6 is 11.8 Å². The maximum atomic E-state index is 11.6. The summed E-state index contributed by atoms with van der Waals surface area (Å²) in [5.74, 6) is 1.85. The molecule has 1 heterocycles. The van der Waals surface area contributed by atoms with E-state index in [4.69, 9.17) is 9.47 Å². The van der Waals surface area contributed by atoms with E-state index in [9.17, 15) is 9.59 Å². The highest BCUT2D eigenvalue weighted by atomic mass is 32.2. The molecule has 1 fully saturated rings. The van der Waals surface area contributed by atoms with Crippen LogP contribution in [-0.4, -0.2) is 24.4 Å². The monoisotopic (exact) mass is 411 g/mol. The van der Waals surface area contributed by atoms with Gasteiger partial charge < -0.3 is 9.47 Å². The summed E-state index contributed by atoms with van der Waals surface area (Å²) in [6.07, 6.45) is 3.59. The molecule has 1 aliphatic rings. The number of carbonyl (C=O) groups excluding carboxylic acids is 2. The van der Waals surface area contributed by atoms with Crippen molar-refractivity contribution in [2.24, 2.45) is 0 Å². The number of thioether (sulfide) groups is 1. The molecule has 0 aliphatic carbocycles. The van der Waals surface area contributed by atoms with Gasteiger partial charge >= 0.3 is 0 Å². The summed E-state index contributed by atoms with van der Waals surface area (Å²) >= 11 is 0.910. The van der Waals surface area contributed by atoms with Crippen LogP contribution in [0, 0.1) is 0 Å². The molecule has 152 valence electrons. The van der Waals surface area contributed by atoms with E-state index in [2.05, 4.69) is 31.3 Å². The maximum Gasteiger partial charge on any atom is 0.290 e. The first-order chi connectivity index (χ1) is 14.0. The van der Waals surface area contributed by atoms with Gasteiger partial charge in [-0.3, -0.25) is 14.9 Å². The van der Waals surface area contributed by atoms with Gasteiger partial charge in [-0.2, -0.15) is 0 Å². The molecular formula is C23H25NO4S. The fourth-order valence-electron chi connectivity index (χ4n) is 2.80. The molecule has 2 aromatic carbocycles. The summed E-state index contributed by atoms with van der Waals surface area (Å²) in [5.41, 5.74) is 2.18. The van der Waals surface area contributed by atoms with Crippen molar-refractivity contribution < 1.29 is 19.1 Å². The van der Waals surface area contributed by atoms with Gasteiger partial charge in [0.2, 0.25) is 0 Å². The highest BCUT2D eigenvalue weighted by molar-refractivity contribution is 8.18. The van der Waals surface area contributed by atoms with Crippen LogP contribution in [0.1, 0.15) is 43.7 Å². The maximum absolute atomic E-state index is 11.6. The first-order valence-corrected chi connectivity index (χ1v) is 10.6. The zero-order valence-electron chi connectivity index (χ0n) is 16.6. The molecule has 0 aromatic heterocycles. The molecule has 1 N–H and O–H groups in total. The van der Waals surface area contributed by atoms with E-state index in [1.165, 1.54) is 5.56 Å². The number of carbonyl (C=O) groups is 2. The molecule has 1 aliphatic heterocycles. The topological polar surface area (TPSA) is 64.6 Å². The van der Waals surface area contributed by atoms with Crippen LogP contribution in [0.4, 0.5) is 4.79 Å². The van der Waals surface area contributed by atoms with E-state index in [0.717, 1.165) is 41.7 Å². The van der Waals surface area contributed by atoms with E-state index in [1.807, 2.05) is 36.4 Å². The summed E-state index contributed by atoms with van der Waals surface area (Å²) in [6.45, 7) is 5.56. The Bertz CT molecular complexity index is 875. The lowest BCUT2D eigenvalue weighted by molar-refractivity contribution is -0.115. The highest BCUT2D eigenvalue weighted by Gasteiger charge is 2.24. The van der Waals surface area contributed by atoms with Gasteiger partial charge in [0, 0.05) is 6.42 Å². The fraction of sp³-hybridized carbons (Fsp3) is 0.304. The second kappa shape index (κ2) is 10.2. The molecule has 0 spiro atoms. The van der Waals surface area contributed by atoms with Crippen molar-refractivity contribution in [3.63, 3.8) is 0 Å². The van der Waals surface area contributed by atoms with Crippen LogP contribution in [0.25, 0.3) is 6.08 Å². The van der Waals surface area contributed by atoms with Crippen molar-refractivity contribution in [2.45, 2.75) is 32.6 Å². The molecular weight excluding hydrogens is 386 g/mol. The zero-order valence-corrected chi connectivity index (χ0v) is 17.5. The summed E-state index contributed by atoms with van der Waals surface area (Å²) in [5, 5.41) is 1.90. The standard InChI is InChI=1S/C23H25NO4S/c1-3-16(2)18-7-11-20(12-8-18)28-14-4-13-27-19-9-5-17(6-10-19)15-21-22(25)24-23(26)29-21/h5-12,15-16H,3-4,13-14H2,1-2H3,(H,24,25,26). The van der Waals surface area contributed by atoms with Gasteiger partial charge in [0.15, 0.2) is 0 Å². The van der Waals surface area contributed by atoms with Crippen LogP contribution in [0.15, 0.2) is 53.4 Å². The molecule has 1 unspecified atom stereocenters. The number of rotatable bonds is 9. The Morgan fingerprint density at radius 3 is 2.07 bits per heavy atom. The zero-order chi connectivity index (χ0) is 20.6. The Kier molecular flexibility index (Phi) is 7.36. The predicted molar refractivity (Wildman–Crippen MR) is 116 cm³/mol. The van der Waals surface area contributed by atoms with E-state index >= 15 is 0 Å². The van der Waals surface area contributed by atoms with Crippen molar-refractivity contribution in [1.82, 2.24) is 5.32 Å². The van der Waals surface area contributed by atoms with Gasteiger partial charge in [-0.05, 0) is 65.6 Å². The number of imide groups is 1. The number of ether oxygens (including phenoxy) is 2. The minimum Gasteiger partial charge on any atom is -0.493 e. The normalized spacial score (nSPS) is 16.0. The number of hydrogen-bond acceptors (Lipinski definition) is 5.